The summed E-state index contributed by atoms with van der Waals surface area (Å²) in [6, 6.07) is 16.7. The molecule has 2 atom stereocenters. The van der Waals surface area contributed by atoms with E-state index in [1.54, 1.807) is 49.4 Å². The second kappa shape index (κ2) is 8.40. The van der Waals surface area contributed by atoms with Crippen LogP contribution in [0.25, 0.3) is 5.53 Å². The lowest BCUT2D eigenvalue weighted by molar-refractivity contribution is -0.145. The van der Waals surface area contributed by atoms with Gasteiger partial charge in [-0.05, 0) is 19.1 Å². The van der Waals surface area contributed by atoms with Gasteiger partial charge in [0.15, 0.2) is 12.1 Å². The standard InChI is InChI=1S/C20H19N3O4/c1-2-26-20(25)16-13-17(27-23(16)15-11-7-4-8-12-15)18(22-21)19(24)14-9-5-3-6-10-14/h3-12,16-17H,2,13H2,1H3/t16-,17+/m0/s1. The Bertz CT molecular complexity index is 863. The first-order valence-electron chi connectivity index (χ1n) is 8.65. The Hall–Kier alpha value is -3.28. The molecule has 7 heteroatoms. The van der Waals surface area contributed by atoms with E-state index in [1.165, 1.54) is 5.06 Å². The minimum Gasteiger partial charge on any atom is -0.464 e. The molecule has 3 rings (SSSR count). The van der Waals surface area contributed by atoms with E-state index in [4.69, 9.17) is 9.57 Å². The summed E-state index contributed by atoms with van der Waals surface area (Å²) < 4.78 is 5.14. The van der Waals surface area contributed by atoms with Crippen LogP contribution in [0.15, 0.2) is 60.7 Å². The Labute approximate surface area is 156 Å². The largest absolute Gasteiger partial charge is 0.464 e. The fraction of sp³-hybridized carbons (Fsp3) is 0.250. The number of anilines is 1. The molecule has 1 aliphatic rings. The lowest BCUT2D eigenvalue weighted by Crippen LogP contribution is -2.36. The molecule has 0 saturated carbocycles. The molecule has 0 unspecified atom stereocenters. The molecule has 0 radical (unpaired) electrons. The van der Waals surface area contributed by atoms with Crippen molar-refractivity contribution in [2.24, 2.45) is 0 Å². The average Bonchev–Trinajstić information content (AvgIpc) is 3.15. The van der Waals surface area contributed by atoms with E-state index < -0.39 is 23.9 Å². The highest BCUT2D eigenvalue weighted by molar-refractivity contribution is 6.45. The van der Waals surface area contributed by atoms with Crippen LogP contribution in [0.5, 0.6) is 0 Å². The number of nitrogens with zero attached hydrogens (tertiary/aromatic N) is 3. The molecule has 1 fully saturated rings. The van der Waals surface area contributed by atoms with Crippen molar-refractivity contribution in [2.75, 3.05) is 11.7 Å². The van der Waals surface area contributed by atoms with Crippen molar-refractivity contribution in [2.45, 2.75) is 25.5 Å². The van der Waals surface area contributed by atoms with Crippen LogP contribution >= 0.6 is 0 Å². The van der Waals surface area contributed by atoms with Crippen LogP contribution < -0.4 is 5.06 Å². The van der Waals surface area contributed by atoms with Gasteiger partial charge in [-0.3, -0.25) is 9.63 Å². The van der Waals surface area contributed by atoms with Crippen LogP contribution in [0, 0.1) is 0 Å². The minimum absolute atomic E-state index is 0.131. The summed E-state index contributed by atoms with van der Waals surface area (Å²) in [6.07, 6.45) is -0.747. The van der Waals surface area contributed by atoms with Gasteiger partial charge in [-0.25, -0.2) is 9.86 Å². The van der Waals surface area contributed by atoms with Gasteiger partial charge in [0.1, 0.15) is 0 Å². The van der Waals surface area contributed by atoms with Gasteiger partial charge in [0.05, 0.1) is 12.3 Å². The van der Waals surface area contributed by atoms with Gasteiger partial charge in [-0.2, -0.15) is 4.79 Å². The maximum absolute atomic E-state index is 12.7. The molecule has 27 heavy (non-hydrogen) atoms. The molecule has 138 valence electrons. The van der Waals surface area contributed by atoms with Gasteiger partial charge in [-0.15, -0.1) is 0 Å². The predicted octanol–water partition coefficient (Wildman–Crippen LogP) is 2.68. The zero-order chi connectivity index (χ0) is 19.2. The number of hydroxylamine groups is 1. The zero-order valence-electron chi connectivity index (χ0n) is 14.8. The highest BCUT2D eigenvalue weighted by Crippen LogP contribution is 2.29. The number of ether oxygens (including phenoxy) is 1. The molecule has 0 aromatic heterocycles. The van der Waals surface area contributed by atoms with Gasteiger partial charge in [0.2, 0.25) is 0 Å². The third kappa shape index (κ3) is 3.95. The van der Waals surface area contributed by atoms with Crippen molar-refractivity contribution in [1.82, 2.24) is 0 Å². The summed E-state index contributed by atoms with van der Waals surface area (Å²) in [6.45, 7) is 1.95. The van der Waals surface area contributed by atoms with Crippen molar-refractivity contribution in [3.63, 3.8) is 0 Å². The minimum atomic E-state index is -0.877. The van der Waals surface area contributed by atoms with Crippen molar-refractivity contribution in [1.29, 1.82) is 0 Å². The quantitative estimate of drug-likeness (QED) is 0.258. The molecular formula is C20H19N3O4. The number of hydrogen-bond acceptors (Lipinski definition) is 5. The molecule has 1 aliphatic heterocycles. The van der Waals surface area contributed by atoms with Crippen LogP contribution in [0.4, 0.5) is 5.69 Å². The maximum atomic E-state index is 12.7. The Kier molecular flexibility index (Phi) is 5.76. The number of Topliss-reactive ketones (excluding diaryl/α,β-unsaturated/α-hetero) is 1. The van der Waals surface area contributed by atoms with E-state index in [1.807, 2.05) is 18.2 Å². The normalized spacial score (nSPS) is 18.6. The summed E-state index contributed by atoms with van der Waals surface area (Å²) in [5.41, 5.74) is 10.3. The number of rotatable bonds is 6. The second-order valence-electron chi connectivity index (χ2n) is 5.94. The van der Waals surface area contributed by atoms with Crippen LogP contribution in [0.2, 0.25) is 0 Å². The molecule has 0 N–H and O–H groups in total. The van der Waals surface area contributed by atoms with Crippen molar-refractivity contribution in [3.8, 4) is 0 Å². The summed E-state index contributed by atoms with van der Waals surface area (Å²) in [5, 5.41) is 1.41. The molecule has 0 aliphatic carbocycles. The number of carbonyl (C=O) groups excluding carboxylic acids is 2. The Morgan fingerprint density at radius 3 is 2.37 bits per heavy atom. The van der Waals surface area contributed by atoms with E-state index in [9.17, 15) is 15.1 Å². The van der Waals surface area contributed by atoms with Gasteiger partial charge in [0.25, 0.3) is 5.78 Å². The van der Waals surface area contributed by atoms with Gasteiger partial charge >= 0.3 is 11.7 Å². The average molecular weight is 365 g/mol. The Morgan fingerprint density at radius 1 is 1.15 bits per heavy atom. The highest BCUT2D eigenvalue weighted by Gasteiger charge is 2.47. The van der Waals surface area contributed by atoms with Crippen molar-refractivity contribution in [3.05, 3.63) is 71.8 Å². The fourth-order valence-electron chi connectivity index (χ4n) is 2.95. The lowest BCUT2D eigenvalue weighted by atomic mass is 9.99. The monoisotopic (exact) mass is 365 g/mol. The van der Waals surface area contributed by atoms with Crippen LogP contribution in [0.1, 0.15) is 23.7 Å². The van der Waals surface area contributed by atoms with E-state index in [-0.39, 0.29) is 18.7 Å². The number of carbonyl (C=O) groups is 2. The molecule has 7 nitrogen and oxygen atoms in total. The molecule has 0 bridgehead atoms. The van der Waals surface area contributed by atoms with Crippen molar-refractivity contribution < 1.29 is 24.0 Å². The third-order valence-corrected chi connectivity index (χ3v) is 4.21. The van der Waals surface area contributed by atoms with Gasteiger partial charge in [0, 0.05) is 12.0 Å². The lowest BCUT2D eigenvalue weighted by Gasteiger charge is -2.22. The van der Waals surface area contributed by atoms with E-state index in [0.29, 0.717) is 11.3 Å². The Balaban J connectivity index is 1.89. The molecule has 2 aromatic rings. The van der Waals surface area contributed by atoms with E-state index in [2.05, 4.69) is 4.79 Å². The number of ketones is 1. The topological polar surface area (TPSA) is 92.2 Å². The van der Waals surface area contributed by atoms with Gasteiger partial charge < -0.3 is 10.3 Å². The maximum Gasteiger partial charge on any atom is 0.370 e. The van der Waals surface area contributed by atoms with Gasteiger partial charge in [-0.1, -0.05) is 48.5 Å². The SMILES string of the molecule is CCOC(=O)[C@@H]1C[C@H](C(=[N+]=[N-])C(=O)c2ccccc2)ON1c1ccccc1. The molecule has 1 saturated heterocycles. The number of esters is 1. The smallest absolute Gasteiger partial charge is 0.370 e. The molecule has 0 amide bonds. The van der Waals surface area contributed by atoms with Crippen LogP contribution in [0.3, 0.4) is 0 Å². The fourth-order valence-corrected chi connectivity index (χ4v) is 2.95. The first-order valence-corrected chi connectivity index (χ1v) is 8.65. The third-order valence-electron chi connectivity index (χ3n) is 4.21. The second-order valence-corrected chi connectivity index (χ2v) is 5.94. The number of hydrogen-bond donors (Lipinski definition) is 0. The summed E-state index contributed by atoms with van der Waals surface area (Å²) in [7, 11) is 0. The summed E-state index contributed by atoms with van der Waals surface area (Å²) in [4.78, 5) is 34.1. The molecule has 1 heterocycles. The van der Waals surface area contributed by atoms with Crippen molar-refractivity contribution >= 4 is 23.2 Å². The van der Waals surface area contributed by atoms with Crippen LogP contribution in [-0.2, 0) is 14.4 Å². The zero-order valence-corrected chi connectivity index (χ0v) is 14.8. The number of para-hydroxylation sites is 1. The first-order chi connectivity index (χ1) is 13.2. The van der Waals surface area contributed by atoms with E-state index >= 15 is 0 Å². The molecular weight excluding hydrogens is 346 g/mol. The Morgan fingerprint density at radius 2 is 1.78 bits per heavy atom. The summed E-state index contributed by atoms with van der Waals surface area (Å²) in [5.74, 6) is -0.922. The summed E-state index contributed by atoms with van der Waals surface area (Å²) >= 11 is 0. The molecule has 0 spiro atoms. The predicted molar refractivity (Wildman–Crippen MR) is 98.2 cm³/mol. The molecule has 2 aromatic carbocycles. The van der Waals surface area contributed by atoms with E-state index in [0.717, 1.165) is 0 Å². The highest BCUT2D eigenvalue weighted by atomic mass is 16.7. The van der Waals surface area contributed by atoms with Crippen LogP contribution in [-0.4, -0.2) is 41.0 Å². The first kappa shape index (κ1) is 18.5. The number of benzene rings is 2.